The smallest absolute Gasteiger partial charge is 0.350 e. The Morgan fingerprint density at radius 3 is 2.50 bits per heavy atom. The van der Waals surface area contributed by atoms with Crippen LogP contribution in [0.15, 0.2) is 42.5 Å². The lowest BCUT2D eigenvalue weighted by Gasteiger charge is -2.19. The molecule has 2 rings (SSSR count). The van der Waals surface area contributed by atoms with Crippen LogP contribution in [0.2, 0.25) is 10.0 Å². The zero-order valence-corrected chi connectivity index (χ0v) is 18.2. The van der Waals surface area contributed by atoms with E-state index in [0.717, 1.165) is 12.1 Å². The molecule has 30 heavy (non-hydrogen) atoms. The highest BCUT2D eigenvalue weighted by Gasteiger charge is 2.30. The zero-order valence-electron chi connectivity index (χ0n) is 15.9. The first-order valence-corrected chi connectivity index (χ1v) is 11.0. The van der Waals surface area contributed by atoms with Gasteiger partial charge in [0.1, 0.15) is 6.04 Å². The second-order valence-corrected chi connectivity index (χ2v) is 8.18. The van der Waals surface area contributed by atoms with Crippen molar-refractivity contribution in [1.29, 1.82) is 0 Å². The van der Waals surface area contributed by atoms with E-state index in [2.05, 4.69) is 10.6 Å². The molecule has 0 saturated heterocycles. The molecule has 4 nitrogen and oxygen atoms in total. The third-order valence-electron chi connectivity index (χ3n) is 4.13. The Labute approximate surface area is 186 Å². The monoisotopic (exact) mass is 478 g/mol. The van der Waals surface area contributed by atoms with Gasteiger partial charge in [0.25, 0.3) is 5.91 Å². The summed E-state index contributed by atoms with van der Waals surface area (Å²) in [5, 5.41) is 5.73. The van der Waals surface area contributed by atoms with E-state index in [-0.39, 0.29) is 17.1 Å². The molecule has 2 aromatic carbocycles. The van der Waals surface area contributed by atoms with Gasteiger partial charge in [-0.2, -0.15) is 24.9 Å². The van der Waals surface area contributed by atoms with Gasteiger partial charge in [-0.05, 0) is 54.3 Å². The van der Waals surface area contributed by atoms with Gasteiger partial charge in [-0.25, -0.2) is 0 Å². The molecule has 10 heteroatoms. The molecule has 2 aromatic rings. The molecule has 0 aromatic heterocycles. The summed E-state index contributed by atoms with van der Waals surface area (Å²) in [6, 6.07) is 8.20. The fourth-order valence-electron chi connectivity index (χ4n) is 2.58. The number of hydrogen-bond acceptors (Lipinski definition) is 3. The quantitative estimate of drug-likeness (QED) is 0.549. The van der Waals surface area contributed by atoms with Crippen molar-refractivity contribution >= 4 is 46.8 Å². The van der Waals surface area contributed by atoms with E-state index >= 15 is 0 Å². The van der Waals surface area contributed by atoms with E-state index in [1.807, 2.05) is 6.26 Å². The van der Waals surface area contributed by atoms with Crippen LogP contribution in [0.25, 0.3) is 0 Å². The molecule has 0 spiro atoms. The first-order valence-electron chi connectivity index (χ1n) is 8.80. The van der Waals surface area contributed by atoms with Crippen molar-refractivity contribution in [2.75, 3.05) is 12.0 Å². The predicted octanol–water partition coefficient (Wildman–Crippen LogP) is 5.18. The van der Waals surface area contributed by atoms with Gasteiger partial charge < -0.3 is 10.6 Å². The van der Waals surface area contributed by atoms with E-state index < -0.39 is 29.6 Å². The third-order valence-corrected chi connectivity index (χ3v) is 5.32. The van der Waals surface area contributed by atoms with E-state index in [9.17, 15) is 22.8 Å². The number of rotatable bonds is 8. The maximum Gasteiger partial charge on any atom is 0.416 e. The summed E-state index contributed by atoms with van der Waals surface area (Å²) in [5.74, 6) is -0.451. The molecular formula is C20H19Cl2F3N2O2S. The van der Waals surface area contributed by atoms with Crippen LogP contribution in [0.3, 0.4) is 0 Å². The zero-order chi connectivity index (χ0) is 22.3. The average molecular weight is 479 g/mol. The molecular weight excluding hydrogens is 460 g/mol. The number of benzene rings is 2. The molecule has 0 aliphatic heterocycles. The van der Waals surface area contributed by atoms with Crippen LogP contribution in [0.1, 0.15) is 27.9 Å². The minimum absolute atomic E-state index is 0.101. The predicted molar refractivity (Wildman–Crippen MR) is 114 cm³/mol. The average Bonchev–Trinajstić information content (AvgIpc) is 2.68. The van der Waals surface area contributed by atoms with Crippen LogP contribution in [0, 0.1) is 0 Å². The second-order valence-electron chi connectivity index (χ2n) is 6.35. The normalized spacial score (nSPS) is 12.3. The van der Waals surface area contributed by atoms with Crippen molar-refractivity contribution in [1.82, 2.24) is 10.6 Å². The standard InChI is InChI=1S/C20H19Cl2F3N2O2S/c1-30-8-7-17(27-18(28)15-6-5-14(21)10-16(15)22)19(29)26-11-12-3-2-4-13(9-12)20(23,24)25/h2-6,9-10,17H,7-8,11H2,1H3,(H,26,29)(H,27,28). The van der Waals surface area contributed by atoms with Crippen molar-refractivity contribution in [3.05, 3.63) is 69.2 Å². The van der Waals surface area contributed by atoms with Crippen molar-refractivity contribution in [2.24, 2.45) is 0 Å². The first kappa shape index (κ1) is 24.4. The number of amides is 2. The summed E-state index contributed by atoms with van der Waals surface area (Å²) in [6.45, 7) is -0.101. The van der Waals surface area contributed by atoms with E-state index in [0.29, 0.717) is 22.8 Å². The number of halogens is 5. The van der Waals surface area contributed by atoms with Gasteiger partial charge in [-0.3, -0.25) is 9.59 Å². The largest absolute Gasteiger partial charge is 0.416 e. The van der Waals surface area contributed by atoms with Crippen LogP contribution >= 0.6 is 35.0 Å². The molecule has 0 aliphatic rings. The number of thioether (sulfide) groups is 1. The Morgan fingerprint density at radius 2 is 1.87 bits per heavy atom. The van der Waals surface area contributed by atoms with E-state index in [4.69, 9.17) is 23.2 Å². The number of carbonyl (C=O) groups is 2. The fraction of sp³-hybridized carbons (Fsp3) is 0.300. The van der Waals surface area contributed by atoms with Gasteiger partial charge in [0.15, 0.2) is 0 Å². The molecule has 0 saturated carbocycles. The number of carbonyl (C=O) groups excluding carboxylic acids is 2. The number of alkyl halides is 3. The lowest BCUT2D eigenvalue weighted by atomic mass is 10.1. The van der Waals surface area contributed by atoms with Crippen LogP contribution < -0.4 is 10.6 Å². The summed E-state index contributed by atoms with van der Waals surface area (Å²) in [6.07, 6.45) is -2.27. The van der Waals surface area contributed by atoms with Crippen LogP contribution in [0.5, 0.6) is 0 Å². The molecule has 2 N–H and O–H groups in total. The third kappa shape index (κ3) is 7.11. The van der Waals surface area contributed by atoms with Gasteiger partial charge in [0, 0.05) is 11.6 Å². The van der Waals surface area contributed by atoms with Crippen molar-refractivity contribution in [3.63, 3.8) is 0 Å². The topological polar surface area (TPSA) is 58.2 Å². The molecule has 0 radical (unpaired) electrons. The lowest BCUT2D eigenvalue weighted by molar-refractivity contribution is -0.137. The maximum absolute atomic E-state index is 12.8. The molecule has 0 aliphatic carbocycles. The summed E-state index contributed by atoms with van der Waals surface area (Å²) < 4.78 is 38.5. The summed E-state index contributed by atoms with van der Waals surface area (Å²) >= 11 is 13.4. The van der Waals surface area contributed by atoms with Crippen molar-refractivity contribution in [3.8, 4) is 0 Å². The highest BCUT2D eigenvalue weighted by Crippen LogP contribution is 2.29. The van der Waals surface area contributed by atoms with Gasteiger partial charge in [-0.1, -0.05) is 35.3 Å². The van der Waals surface area contributed by atoms with Gasteiger partial charge in [0.05, 0.1) is 16.1 Å². The Hall–Kier alpha value is -1.90. The molecule has 0 heterocycles. The highest BCUT2D eigenvalue weighted by atomic mass is 35.5. The molecule has 0 bridgehead atoms. The molecule has 162 valence electrons. The Kier molecular flexibility index (Phi) is 8.88. The van der Waals surface area contributed by atoms with Gasteiger partial charge in [0.2, 0.25) is 5.91 Å². The first-order chi connectivity index (χ1) is 14.1. The Balaban J connectivity index is 2.07. The summed E-state index contributed by atoms with van der Waals surface area (Å²) in [5.41, 5.74) is -0.325. The molecule has 0 fully saturated rings. The molecule has 1 unspecified atom stereocenters. The fourth-order valence-corrected chi connectivity index (χ4v) is 3.55. The SMILES string of the molecule is CSCCC(NC(=O)c1ccc(Cl)cc1Cl)C(=O)NCc1cccc(C(F)(F)F)c1. The highest BCUT2D eigenvalue weighted by molar-refractivity contribution is 7.98. The molecule has 1 atom stereocenters. The van der Waals surface area contributed by atoms with Crippen molar-refractivity contribution in [2.45, 2.75) is 25.2 Å². The van der Waals surface area contributed by atoms with Crippen LogP contribution in [-0.4, -0.2) is 29.9 Å². The van der Waals surface area contributed by atoms with Gasteiger partial charge >= 0.3 is 6.18 Å². The van der Waals surface area contributed by atoms with E-state index in [1.165, 1.54) is 42.1 Å². The van der Waals surface area contributed by atoms with E-state index in [1.54, 1.807) is 0 Å². The van der Waals surface area contributed by atoms with Crippen molar-refractivity contribution < 1.29 is 22.8 Å². The maximum atomic E-state index is 12.8. The lowest BCUT2D eigenvalue weighted by Crippen LogP contribution is -2.47. The Morgan fingerprint density at radius 1 is 1.13 bits per heavy atom. The van der Waals surface area contributed by atoms with Crippen LogP contribution in [0.4, 0.5) is 13.2 Å². The minimum atomic E-state index is -4.47. The van der Waals surface area contributed by atoms with Crippen LogP contribution in [-0.2, 0) is 17.5 Å². The number of nitrogens with one attached hydrogen (secondary N) is 2. The number of hydrogen-bond donors (Lipinski definition) is 2. The molecule has 2 amide bonds. The Bertz CT molecular complexity index is 910. The summed E-state index contributed by atoms with van der Waals surface area (Å²) in [7, 11) is 0. The summed E-state index contributed by atoms with van der Waals surface area (Å²) in [4.78, 5) is 25.1. The van der Waals surface area contributed by atoms with Gasteiger partial charge in [-0.15, -0.1) is 0 Å². The second kappa shape index (κ2) is 10.9. The minimum Gasteiger partial charge on any atom is -0.350 e.